The van der Waals surface area contributed by atoms with Crippen molar-refractivity contribution in [3.63, 3.8) is 0 Å². The molecule has 0 bridgehead atoms. The second-order valence-corrected chi connectivity index (χ2v) is 6.72. The molecule has 1 amide bonds. The molecule has 3 aromatic rings. The van der Waals surface area contributed by atoms with Crippen LogP contribution in [0.3, 0.4) is 0 Å². The van der Waals surface area contributed by atoms with Crippen LogP contribution in [0.15, 0.2) is 52.9 Å². The molecule has 30 heavy (non-hydrogen) atoms. The van der Waals surface area contributed by atoms with Gasteiger partial charge in [-0.3, -0.25) is 10.1 Å². The van der Waals surface area contributed by atoms with Gasteiger partial charge >= 0.3 is 11.8 Å². The number of rotatable bonds is 5. The molecule has 0 saturated heterocycles. The highest BCUT2D eigenvalue weighted by Gasteiger charge is 2.29. The van der Waals surface area contributed by atoms with Crippen molar-refractivity contribution in [3.05, 3.63) is 75.7 Å². The van der Waals surface area contributed by atoms with E-state index >= 15 is 0 Å². The number of nitro benzene ring substituents is 1. The van der Waals surface area contributed by atoms with E-state index in [4.69, 9.17) is 13.9 Å². The van der Waals surface area contributed by atoms with Crippen LogP contribution in [0.2, 0.25) is 0 Å². The highest BCUT2D eigenvalue weighted by atomic mass is 16.6. The van der Waals surface area contributed by atoms with Crippen LogP contribution in [0, 0.1) is 10.1 Å². The van der Waals surface area contributed by atoms with Crippen LogP contribution in [-0.2, 0) is 24.3 Å². The topological polar surface area (TPSA) is 108 Å². The van der Waals surface area contributed by atoms with Crippen LogP contribution in [0.1, 0.15) is 17.0 Å². The lowest BCUT2D eigenvalue weighted by Gasteiger charge is -2.24. The molecule has 9 heteroatoms. The zero-order chi connectivity index (χ0) is 21.1. The van der Waals surface area contributed by atoms with E-state index in [1.807, 2.05) is 30.3 Å². The van der Waals surface area contributed by atoms with Crippen molar-refractivity contribution in [2.24, 2.45) is 0 Å². The van der Waals surface area contributed by atoms with E-state index in [1.54, 1.807) is 17.0 Å². The Morgan fingerprint density at radius 2 is 2.03 bits per heavy atom. The van der Waals surface area contributed by atoms with Gasteiger partial charge in [-0.15, -0.1) is 0 Å². The van der Waals surface area contributed by atoms with Crippen LogP contribution in [0.25, 0.3) is 11.5 Å². The van der Waals surface area contributed by atoms with Crippen molar-refractivity contribution in [2.45, 2.75) is 19.6 Å². The lowest BCUT2D eigenvalue weighted by atomic mass is 10.1. The maximum Gasteiger partial charge on any atom is 0.410 e. The molecule has 0 radical (unpaired) electrons. The third-order valence-corrected chi connectivity index (χ3v) is 4.82. The van der Waals surface area contributed by atoms with E-state index in [-0.39, 0.29) is 30.5 Å². The maximum atomic E-state index is 12.4. The van der Waals surface area contributed by atoms with Gasteiger partial charge in [0.25, 0.3) is 0 Å². The molecule has 0 fully saturated rings. The predicted molar refractivity (Wildman–Crippen MR) is 106 cm³/mol. The molecule has 0 saturated carbocycles. The summed E-state index contributed by atoms with van der Waals surface area (Å²) >= 11 is 0. The van der Waals surface area contributed by atoms with Crippen molar-refractivity contribution in [3.8, 4) is 17.2 Å². The zero-order valence-corrected chi connectivity index (χ0v) is 16.2. The lowest BCUT2D eigenvalue weighted by molar-refractivity contribution is -0.385. The molecule has 0 unspecified atom stereocenters. The Kier molecular flexibility index (Phi) is 5.34. The monoisotopic (exact) mass is 409 g/mol. The second kappa shape index (κ2) is 8.24. The molecule has 1 aliphatic rings. The van der Waals surface area contributed by atoms with Crippen molar-refractivity contribution in [2.75, 3.05) is 13.7 Å². The lowest BCUT2D eigenvalue weighted by Crippen LogP contribution is -2.36. The number of carbonyl (C=O) groups excluding carboxylic acids is 1. The number of hydrogen-bond acceptors (Lipinski definition) is 7. The van der Waals surface area contributed by atoms with Gasteiger partial charge in [0.2, 0.25) is 11.6 Å². The first-order chi connectivity index (χ1) is 14.6. The van der Waals surface area contributed by atoms with Gasteiger partial charge in [0.1, 0.15) is 12.4 Å². The number of fused-ring (bicyclic) bond motifs is 1. The molecule has 0 atom stereocenters. The van der Waals surface area contributed by atoms with Crippen molar-refractivity contribution < 1.29 is 23.6 Å². The molecule has 2 aromatic carbocycles. The van der Waals surface area contributed by atoms with E-state index in [0.717, 1.165) is 5.56 Å². The molecule has 0 N–H and O–H groups in total. The van der Waals surface area contributed by atoms with Crippen molar-refractivity contribution in [1.29, 1.82) is 0 Å². The number of ether oxygens (including phenoxy) is 2. The highest BCUT2D eigenvalue weighted by Crippen LogP contribution is 2.38. The summed E-state index contributed by atoms with van der Waals surface area (Å²) in [7, 11) is 1.36. The van der Waals surface area contributed by atoms with Crippen LogP contribution < -0.4 is 4.74 Å². The number of carbonyl (C=O) groups is 1. The normalized spacial score (nSPS) is 12.9. The smallest absolute Gasteiger partial charge is 0.410 e. The fraction of sp³-hybridized carbons (Fsp3) is 0.238. The Hall–Kier alpha value is -3.88. The van der Waals surface area contributed by atoms with Gasteiger partial charge in [-0.1, -0.05) is 36.4 Å². The van der Waals surface area contributed by atoms with Crippen LogP contribution in [-0.4, -0.2) is 34.6 Å². The minimum atomic E-state index is -0.518. The zero-order valence-electron chi connectivity index (χ0n) is 16.2. The third-order valence-electron chi connectivity index (χ3n) is 4.82. The highest BCUT2D eigenvalue weighted by molar-refractivity contribution is 5.71. The number of nitro groups is 1. The number of amides is 1. The molecule has 2 heterocycles. The van der Waals surface area contributed by atoms with E-state index in [9.17, 15) is 14.9 Å². The number of benzene rings is 2. The first kappa shape index (κ1) is 19.4. The van der Waals surface area contributed by atoms with Crippen LogP contribution in [0.5, 0.6) is 5.75 Å². The number of nitrogens with zero attached hydrogens (tertiary/aromatic N) is 3. The largest absolute Gasteiger partial charge is 0.490 e. The summed E-state index contributed by atoms with van der Waals surface area (Å²) in [6.07, 6.45) is 0.0617. The molecule has 1 aromatic heterocycles. The Bertz CT molecular complexity index is 1080. The van der Waals surface area contributed by atoms with E-state index in [1.165, 1.54) is 13.2 Å². The van der Waals surface area contributed by atoms with Gasteiger partial charge in [-0.25, -0.2) is 9.78 Å². The minimum Gasteiger partial charge on any atom is -0.490 e. The quantitative estimate of drug-likeness (QED) is 0.464. The minimum absolute atomic E-state index is 0.0835. The average Bonchev–Trinajstić information content (AvgIpc) is 3.20. The number of aromatic nitrogens is 1. The molecule has 9 nitrogen and oxygen atoms in total. The van der Waals surface area contributed by atoms with Gasteiger partial charge in [-0.2, -0.15) is 0 Å². The summed E-state index contributed by atoms with van der Waals surface area (Å²) in [5, 5.41) is 11.3. The van der Waals surface area contributed by atoms with Crippen LogP contribution >= 0.6 is 0 Å². The number of para-hydroxylation sites is 1. The summed E-state index contributed by atoms with van der Waals surface area (Å²) in [5.74, 6) is 0.835. The summed E-state index contributed by atoms with van der Waals surface area (Å²) < 4.78 is 16.5. The van der Waals surface area contributed by atoms with Gasteiger partial charge in [0, 0.05) is 19.0 Å². The van der Waals surface area contributed by atoms with Gasteiger partial charge < -0.3 is 18.8 Å². The molecule has 154 valence electrons. The number of methoxy groups -OCH3 is 1. The molecule has 1 aliphatic heterocycles. The first-order valence-electron chi connectivity index (χ1n) is 9.32. The fourth-order valence-corrected chi connectivity index (χ4v) is 3.33. The second-order valence-electron chi connectivity index (χ2n) is 6.72. The molecule has 0 aliphatic carbocycles. The number of hydrogen-bond donors (Lipinski definition) is 0. The summed E-state index contributed by atoms with van der Waals surface area (Å²) in [6, 6.07) is 14.0. The Morgan fingerprint density at radius 1 is 1.23 bits per heavy atom. The average molecular weight is 409 g/mol. The Balaban J connectivity index is 1.51. The summed E-state index contributed by atoms with van der Waals surface area (Å²) in [6.45, 7) is 0.849. The molecule has 0 spiro atoms. The van der Waals surface area contributed by atoms with Gasteiger partial charge in [-0.05, 0) is 11.6 Å². The Labute approximate surface area is 172 Å². The van der Waals surface area contributed by atoms with Crippen molar-refractivity contribution >= 4 is 11.8 Å². The Morgan fingerprint density at radius 3 is 2.77 bits per heavy atom. The fourth-order valence-electron chi connectivity index (χ4n) is 3.33. The van der Waals surface area contributed by atoms with Crippen molar-refractivity contribution in [1.82, 2.24) is 9.88 Å². The summed E-state index contributed by atoms with van der Waals surface area (Å²) in [5.41, 5.74) is 1.84. The van der Waals surface area contributed by atoms with Crippen LogP contribution in [0.4, 0.5) is 10.5 Å². The summed E-state index contributed by atoms with van der Waals surface area (Å²) in [4.78, 5) is 29.2. The standard InChI is InChI=1S/C21H19N3O6/c1-28-19-15(8-5-9-17(19)24(26)27)20-22-16-10-11-23(12-18(16)30-20)21(25)29-13-14-6-3-2-4-7-14/h2-9H,10-13H2,1H3. The van der Waals surface area contributed by atoms with Gasteiger partial charge in [0.05, 0.1) is 29.8 Å². The predicted octanol–water partition coefficient (Wildman–Crippen LogP) is 3.95. The first-order valence-corrected chi connectivity index (χ1v) is 9.32. The molecular weight excluding hydrogens is 390 g/mol. The van der Waals surface area contributed by atoms with E-state index < -0.39 is 11.0 Å². The van der Waals surface area contributed by atoms with E-state index in [2.05, 4.69) is 4.98 Å². The molecule has 4 rings (SSSR count). The SMILES string of the molecule is COc1c(-c2nc3c(o2)CN(C(=O)OCc2ccccc2)CC3)cccc1[N+](=O)[O-]. The maximum absolute atomic E-state index is 12.4. The third kappa shape index (κ3) is 3.82. The van der Waals surface area contributed by atoms with Gasteiger partial charge in [0.15, 0.2) is 0 Å². The van der Waals surface area contributed by atoms with E-state index in [0.29, 0.717) is 30.0 Å². The molecular formula is C21H19N3O6. The number of oxazole rings is 1.